The average molecular weight is 445 g/mol. The smallest absolute Gasteiger partial charge is 0.254 e. The summed E-state index contributed by atoms with van der Waals surface area (Å²) in [5.41, 5.74) is 3.51. The molecule has 2 amide bonds. The fourth-order valence-electron chi connectivity index (χ4n) is 5.22. The van der Waals surface area contributed by atoms with Crippen molar-refractivity contribution >= 4 is 28.8 Å². The lowest BCUT2D eigenvalue weighted by molar-refractivity contribution is -0.119. The number of rotatable bonds is 5. The standard InChI is InChI=1S/C27H28N2O2S/c1-2-18-13-15-19(16-14-18)28-26(30)24-21-10-5-6-11-22(21)27(31)29(20-8-3-4-9-20)25(24)23-12-7-17-32-23/h5-7,10-17,20,24-25H,2-4,8-9H2,1H3,(H,28,30)/t24-,25+/m0/s1. The minimum atomic E-state index is -0.450. The van der Waals surface area contributed by atoms with Crippen LogP contribution in [0, 0.1) is 0 Å². The SMILES string of the molecule is CCc1ccc(NC(=O)[C@H]2c3ccccc3C(=O)N(C3CCCC3)[C@@H]2c2cccs2)cc1. The molecule has 1 fully saturated rings. The summed E-state index contributed by atoms with van der Waals surface area (Å²) in [5, 5.41) is 5.18. The Labute approximate surface area is 193 Å². The summed E-state index contributed by atoms with van der Waals surface area (Å²) in [4.78, 5) is 30.6. The van der Waals surface area contributed by atoms with Crippen LogP contribution in [0.1, 0.15) is 70.9 Å². The van der Waals surface area contributed by atoms with Gasteiger partial charge in [-0.1, -0.05) is 56.2 Å². The van der Waals surface area contributed by atoms with E-state index in [1.54, 1.807) is 11.3 Å². The zero-order valence-corrected chi connectivity index (χ0v) is 19.1. The van der Waals surface area contributed by atoms with Crippen LogP contribution in [0.25, 0.3) is 0 Å². The van der Waals surface area contributed by atoms with E-state index < -0.39 is 5.92 Å². The fourth-order valence-corrected chi connectivity index (χ4v) is 6.08. The molecule has 1 aliphatic heterocycles. The minimum absolute atomic E-state index is 0.0576. The maximum atomic E-state index is 13.8. The first-order valence-corrected chi connectivity index (χ1v) is 12.4. The normalized spacial score (nSPS) is 20.9. The first kappa shape index (κ1) is 21.0. The van der Waals surface area contributed by atoms with Crippen molar-refractivity contribution in [2.24, 2.45) is 0 Å². The molecule has 1 aliphatic carbocycles. The van der Waals surface area contributed by atoms with Gasteiger partial charge in [-0.05, 0) is 60.0 Å². The number of carbonyl (C=O) groups is 2. The third-order valence-corrected chi connectivity index (χ3v) is 7.78. The van der Waals surface area contributed by atoms with Gasteiger partial charge in [-0.25, -0.2) is 0 Å². The van der Waals surface area contributed by atoms with Crippen molar-refractivity contribution in [1.29, 1.82) is 0 Å². The molecule has 2 aliphatic rings. The number of hydrogen-bond donors (Lipinski definition) is 1. The zero-order valence-electron chi connectivity index (χ0n) is 18.3. The molecule has 164 valence electrons. The number of anilines is 1. The summed E-state index contributed by atoms with van der Waals surface area (Å²) in [6, 6.07) is 19.7. The lowest BCUT2D eigenvalue weighted by Gasteiger charge is -2.44. The van der Waals surface area contributed by atoms with E-state index in [0.717, 1.165) is 48.2 Å². The number of amides is 2. The average Bonchev–Trinajstić information content (AvgIpc) is 3.54. The predicted molar refractivity (Wildman–Crippen MR) is 129 cm³/mol. The van der Waals surface area contributed by atoms with Crippen molar-refractivity contribution in [3.63, 3.8) is 0 Å². The van der Waals surface area contributed by atoms with Gasteiger partial charge >= 0.3 is 0 Å². The Kier molecular flexibility index (Phi) is 5.83. The zero-order chi connectivity index (χ0) is 22.1. The fraction of sp³-hybridized carbons (Fsp3) is 0.333. The number of hydrogen-bond acceptors (Lipinski definition) is 3. The van der Waals surface area contributed by atoms with Crippen LogP contribution in [0.4, 0.5) is 5.69 Å². The van der Waals surface area contributed by atoms with Crippen LogP contribution in [-0.4, -0.2) is 22.8 Å². The van der Waals surface area contributed by atoms with Crippen LogP contribution in [-0.2, 0) is 11.2 Å². The second-order valence-corrected chi connectivity index (χ2v) is 9.69. The van der Waals surface area contributed by atoms with Crippen LogP contribution in [0.5, 0.6) is 0 Å². The summed E-state index contributed by atoms with van der Waals surface area (Å²) in [7, 11) is 0. The third kappa shape index (κ3) is 3.75. The summed E-state index contributed by atoms with van der Waals surface area (Å²) in [5.74, 6) is -0.452. The molecule has 0 bridgehead atoms. The molecule has 2 aromatic carbocycles. The van der Waals surface area contributed by atoms with E-state index in [9.17, 15) is 9.59 Å². The molecule has 0 spiro atoms. The Morgan fingerprint density at radius 2 is 1.78 bits per heavy atom. The van der Waals surface area contributed by atoms with Crippen molar-refractivity contribution in [1.82, 2.24) is 4.90 Å². The van der Waals surface area contributed by atoms with Crippen molar-refractivity contribution in [2.45, 2.75) is 57.0 Å². The number of carbonyl (C=O) groups excluding carboxylic acids is 2. The second-order valence-electron chi connectivity index (χ2n) is 8.72. The molecule has 32 heavy (non-hydrogen) atoms. The molecule has 1 aromatic heterocycles. The number of nitrogens with zero attached hydrogens (tertiary/aromatic N) is 1. The van der Waals surface area contributed by atoms with E-state index in [0.29, 0.717) is 5.56 Å². The number of aryl methyl sites for hydroxylation is 1. The van der Waals surface area contributed by atoms with Gasteiger partial charge in [0.25, 0.3) is 5.91 Å². The second kappa shape index (κ2) is 8.91. The molecule has 0 unspecified atom stereocenters. The highest BCUT2D eigenvalue weighted by Crippen LogP contribution is 2.47. The highest BCUT2D eigenvalue weighted by molar-refractivity contribution is 7.10. The van der Waals surface area contributed by atoms with E-state index >= 15 is 0 Å². The number of fused-ring (bicyclic) bond motifs is 1. The molecule has 3 aromatic rings. The third-order valence-electron chi connectivity index (χ3n) is 6.84. The largest absolute Gasteiger partial charge is 0.327 e. The van der Waals surface area contributed by atoms with E-state index in [4.69, 9.17) is 0 Å². The lowest BCUT2D eigenvalue weighted by Crippen LogP contribution is -2.49. The van der Waals surface area contributed by atoms with Gasteiger partial charge in [0, 0.05) is 22.2 Å². The summed E-state index contributed by atoms with van der Waals surface area (Å²) in [6.45, 7) is 2.12. The Bertz CT molecular complexity index is 1100. The van der Waals surface area contributed by atoms with Crippen molar-refractivity contribution in [3.05, 3.63) is 87.6 Å². The Morgan fingerprint density at radius 3 is 2.47 bits per heavy atom. The summed E-state index contributed by atoms with van der Waals surface area (Å²) >= 11 is 1.63. The molecular weight excluding hydrogens is 416 g/mol. The molecular formula is C27H28N2O2S. The Balaban J connectivity index is 1.58. The summed E-state index contributed by atoms with van der Waals surface area (Å²) < 4.78 is 0. The number of benzene rings is 2. The molecule has 1 N–H and O–H groups in total. The van der Waals surface area contributed by atoms with Crippen molar-refractivity contribution in [2.75, 3.05) is 5.32 Å². The molecule has 1 saturated carbocycles. The van der Waals surface area contributed by atoms with Gasteiger partial charge in [0.15, 0.2) is 0 Å². The van der Waals surface area contributed by atoms with Gasteiger partial charge in [-0.15, -0.1) is 11.3 Å². The van der Waals surface area contributed by atoms with Gasteiger partial charge in [-0.3, -0.25) is 9.59 Å². The highest BCUT2D eigenvalue weighted by Gasteiger charge is 2.47. The van der Waals surface area contributed by atoms with Crippen molar-refractivity contribution in [3.8, 4) is 0 Å². The quantitative estimate of drug-likeness (QED) is 0.511. The van der Waals surface area contributed by atoms with Gasteiger partial charge in [-0.2, -0.15) is 0 Å². The van der Waals surface area contributed by atoms with Crippen LogP contribution in [0.3, 0.4) is 0 Å². The molecule has 0 radical (unpaired) electrons. The van der Waals surface area contributed by atoms with E-state index in [1.807, 2.05) is 52.7 Å². The molecule has 5 rings (SSSR count). The van der Waals surface area contributed by atoms with E-state index in [-0.39, 0.29) is 23.9 Å². The van der Waals surface area contributed by atoms with Crippen LogP contribution >= 0.6 is 11.3 Å². The summed E-state index contributed by atoms with van der Waals surface area (Å²) in [6.07, 6.45) is 5.23. The first-order chi connectivity index (χ1) is 15.7. The number of thiophene rings is 1. The molecule has 2 heterocycles. The van der Waals surface area contributed by atoms with E-state index in [2.05, 4.69) is 30.4 Å². The van der Waals surface area contributed by atoms with Crippen molar-refractivity contribution < 1.29 is 9.59 Å². The van der Waals surface area contributed by atoms with Gasteiger partial charge in [0.2, 0.25) is 5.91 Å². The van der Waals surface area contributed by atoms with E-state index in [1.165, 1.54) is 5.56 Å². The van der Waals surface area contributed by atoms with Gasteiger partial charge in [0.05, 0.1) is 12.0 Å². The topological polar surface area (TPSA) is 49.4 Å². The molecule has 5 heteroatoms. The maximum absolute atomic E-state index is 13.8. The van der Waals surface area contributed by atoms with Crippen LogP contribution in [0.15, 0.2) is 66.0 Å². The molecule has 0 saturated heterocycles. The monoisotopic (exact) mass is 444 g/mol. The highest BCUT2D eigenvalue weighted by atomic mass is 32.1. The Morgan fingerprint density at radius 1 is 1.03 bits per heavy atom. The van der Waals surface area contributed by atoms with Gasteiger partial charge in [0.1, 0.15) is 0 Å². The maximum Gasteiger partial charge on any atom is 0.254 e. The van der Waals surface area contributed by atoms with Crippen LogP contribution < -0.4 is 5.32 Å². The Hall–Kier alpha value is -2.92. The van der Waals surface area contributed by atoms with Gasteiger partial charge < -0.3 is 10.2 Å². The minimum Gasteiger partial charge on any atom is -0.327 e. The molecule has 4 nitrogen and oxygen atoms in total. The number of nitrogens with one attached hydrogen (secondary N) is 1. The first-order valence-electron chi connectivity index (χ1n) is 11.5. The lowest BCUT2D eigenvalue weighted by atomic mass is 9.80. The molecule has 2 atom stereocenters. The van der Waals surface area contributed by atoms with Crippen LogP contribution in [0.2, 0.25) is 0 Å². The predicted octanol–water partition coefficient (Wildman–Crippen LogP) is 6.17.